The van der Waals surface area contributed by atoms with Crippen molar-refractivity contribution in [1.82, 2.24) is 0 Å². The zero-order valence-corrected chi connectivity index (χ0v) is 19.2. The van der Waals surface area contributed by atoms with Gasteiger partial charge in [-0.3, -0.25) is 0 Å². The molecule has 0 spiro atoms. The molecule has 0 atom stereocenters. The second kappa shape index (κ2) is 11.0. The Balaban J connectivity index is 1.91. The largest absolute Gasteiger partial charge is 0.0654 e. The summed E-state index contributed by atoms with van der Waals surface area (Å²) >= 11 is 0. The average Bonchev–Trinajstić information content (AvgIpc) is 2.75. The maximum absolute atomic E-state index is 2.54. The van der Waals surface area contributed by atoms with Crippen LogP contribution in [0, 0.1) is 5.92 Å². The fraction of sp³-hybridized carbons (Fsp3) is 0.586. The third-order valence-corrected chi connectivity index (χ3v) is 7.21. The van der Waals surface area contributed by atoms with Crippen molar-refractivity contribution in [2.24, 2.45) is 5.92 Å². The Morgan fingerprint density at radius 3 is 1.76 bits per heavy atom. The monoisotopic (exact) mass is 390 g/mol. The molecule has 0 aliphatic heterocycles. The Morgan fingerprint density at radius 1 is 0.724 bits per heavy atom. The molecule has 2 aromatic rings. The highest BCUT2D eigenvalue weighted by atomic mass is 14.4. The number of unbranched alkanes of at least 4 members (excludes halogenated alkanes) is 2. The van der Waals surface area contributed by atoms with Crippen LogP contribution in [0.15, 0.2) is 48.5 Å². The number of aryl methyl sites for hydroxylation is 2. The van der Waals surface area contributed by atoms with Crippen LogP contribution in [-0.2, 0) is 18.3 Å². The SMILES string of the molecule is CCCCCC1CCC(c2cccc(CCC)c2)(c2cccc(CCC)c2)CC1. The molecule has 1 fully saturated rings. The van der Waals surface area contributed by atoms with Gasteiger partial charge in [0, 0.05) is 5.41 Å². The van der Waals surface area contributed by atoms with Crippen molar-refractivity contribution in [3.8, 4) is 0 Å². The van der Waals surface area contributed by atoms with Crippen molar-refractivity contribution in [3.05, 3.63) is 70.8 Å². The third kappa shape index (κ3) is 5.53. The molecule has 0 bridgehead atoms. The van der Waals surface area contributed by atoms with Crippen LogP contribution in [0.5, 0.6) is 0 Å². The molecule has 1 saturated carbocycles. The predicted molar refractivity (Wildman–Crippen MR) is 128 cm³/mol. The molecular weight excluding hydrogens is 348 g/mol. The van der Waals surface area contributed by atoms with Crippen LogP contribution in [-0.4, -0.2) is 0 Å². The number of hydrogen-bond donors (Lipinski definition) is 0. The van der Waals surface area contributed by atoms with E-state index in [1.807, 2.05) is 0 Å². The predicted octanol–water partition coefficient (Wildman–Crippen LogP) is 8.65. The van der Waals surface area contributed by atoms with Crippen LogP contribution in [0.1, 0.15) is 107 Å². The maximum Gasteiger partial charge on any atom is 0.0203 e. The average molecular weight is 391 g/mol. The molecule has 29 heavy (non-hydrogen) atoms. The van der Waals surface area contributed by atoms with Gasteiger partial charge >= 0.3 is 0 Å². The van der Waals surface area contributed by atoms with Gasteiger partial charge in [-0.2, -0.15) is 0 Å². The van der Waals surface area contributed by atoms with Crippen molar-refractivity contribution < 1.29 is 0 Å². The van der Waals surface area contributed by atoms with Crippen LogP contribution >= 0.6 is 0 Å². The molecule has 0 heteroatoms. The fourth-order valence-corrected chi connectivity index (χ4v) is 5.51. The van der Waals surface area contributed by atoms with E-state index in [2.05, 4.69) is 69.3 Å². The van der Waals surface area contributed by atoms with Gasteiger partial charge in [-0.15, -0.1) is 0 Å². The lowest BCUT2D eigenvalue weighted by atomic mass is 9.62. The zero-order valence-electron chi connectivity index (χ0n) is 19.2. The summed E-state index contributed by atoms with van der Waals surface area (Å²) in [4.78, 5) is 0. The highest BCUT2D eigenvalue weighted by Gasteiger charge is 2.38. The first kappa shape index (κ1) is 22.1. The molecule has 3 rings (SSSR count). The van der Waals surface area contributed by atoms with Gasteiger partial charge in [0.1, 0.15) is 0 Å². The molecule has 0 saturated heterocycles. The summed E-state index contributed by atoms with van der Waals surface area (Å²) < 4.78 is 0. The molecule has 1 aliphatic carbocycles. The van der Waals surface area contributed by atoms with Gasteiger partial charge < -0.3 is 0 Å². The van der Waals surface area contributed by atoms with E-state index in [1.165, 1.54) is 88.2 Å². The smallest absolute Gasteiger partial charge is 0.0203 e. The quantitative estimate of drug-likeness (QED) is 0.356. The van der Waals surface area contributed by atoms with E-state index in [-0.39, 0.29) is 5.41 Å². The Hall–Kier alpha value is -1.56. The number of benzene rings is 2. The van der Waals surface area contributed by atoms with E-state index in [0.717, 1.165) is 5.92 Å². The van der Waals surface area contributed by atoms with Crippen molar-refractivity contribution in [2.45, 2.75) is 103 Å². The Kier molecular flexibility index (Phi) is 8.40. The van der Waals surface area contributed by atoms with E-state index in [4.69, 9.17) is 0 Å². The first-order chi connectivity index (χ1) is 14.2. The summed E-state index contributed by atoms with van der Waals surface area (Å²) in [6.07, 6.45) is 15.8. The van der Waals surface area contributed by atoms with Crippen LogP contribution in [0.4, 0.5) is 0 Å². The highest BCUT2D eigenvalue weighted by molar-refractivity contribution is 5.43. The van der Waals surface area contributed by atoms with Crippen molar-refractivity contribution in [3.63, 3.8) is 0 Å². The van der Waals surface area contributed by atoms with Crippen LogP contribution < -0.4 is 0 Å². The van der Waals surface area contributed by atoms with Crippen molar-refractivity contribution in [1.29, 1.82) is 0 Å². The lowest BCUT2D eigenvalue weighted by molar-refractivity contribution is 0.250. The van der Waals surface area contributed by atoms with Crippen LogP contribution in [0.3, 0.4) is 0 Å². The van der Waals surface area contributed by atoms with Gasteiger partial charge in [-0.05, 0) is 66.7 Å². The Labute approximate surface area is 180 Å². The summed E-state index contributed by atoms with van der Waals surface area (Å²) in [5, 5.41) is 0. The summed E-state index contributed by atoms with van der Waals surface area (Å²) in [6.45, 7) is 6.90. The first-order valence-electron chi connectivity index (χ1n) is 12.4. The van der Waals surface area contributed by atoms with Crippen molar-refractivity contribution in [2.75, 3.05) is 0 Å². The molecule has 0 heterocycles. The molecule has 0 aromatic heterocycles. The molecular formula is C29H42. The van der Waals surface area contributed by atoms with Crippen molar-refractivity contribution >= 4 is 0 Å². The summed E-state index contributed by atoms with van der Waals surface area (Å²) in [5.41, 5.74) is 6.39. The molecule has 158 valence electrons. The number of rotatable bonds is 10. The Morgan fingerprint density at radius 2 is 1.28 bits per heavy atom. The molecule has 2 aromatic carbocycles. The summed E-state index contributed by atoms with van der Waals surface area (Å²) in [5.74, 6) is 0.937. The lowest BCUT2D eigenvalue weighted by Crippen LogP contribution is -2.33. The van der Waals surface area contributed by atoms with Gasteiger partial charge in [-0.25, -0.2) is 0 Å². The number of hydrogen-bond acceptors (Lipinski definition) is 0. The van der Waals surface area contributed by atoms with Gasteiger partial charge in [-0.1, -0.05) is 108 Å². The molecule has 0 amide bonds. The zero-order chi connectivity index (χ0) is 20.5. The molecule has 0 unspecified atom stereocenters. The second-order valence-corrected chi connectivity index (χ2v) is 9.42. The minimum absolute atomic E-state index is 0.217. The van der Waals surface area contributed by atoms with E-state index >= 15 is 0 Å². The second-order valence-electron chi connectivity index (χ2n) is 9.42. The van der Waals surface area contributed by atoms with Gasteiger partial charge in [0.2, 0.25) is 0 Å². The van der Waals surface area contributed by atoms with E-state index in [0.29, 0.717) is 0 Å². The highest BCUT2D eigenvalue weighted by Crippen LogP contribution is 2.48. The summed E-state index contributed by atoms with van der Waals surface area (Å²) in [7, 11) is 0. The maximum atomic E-state index is 2.54. The molecule has 0 N–H and O–H groups in total. The van der Waals surface area contributed by atoms with Crippen LogP contribution in [0.2, 0.25) is 0 Å². The standard InChI is InChI=1S/C29H42/c1-4-7-8-13-24-18-20-29(21-19-24,27-16-9-14-25(22-27)11-5-2)28-17-10-15-26(23-28)12-6-3/h9-10,14-17,22-24H,4-8,11-13,18-21H2,1-3H3. The van der Waals surface area contributed by atoms with Gasteiger partial charge in [0.25, 0.3) is 0 Å². The normalized spacial score (nSPS) is 16.8. The molecule has 0 nitrogen and oxygen atoms in total. The molecule has 0 radical (unpaired) electrons. The van der Waals surface area contributed by atoms with Gasteiger partial charge in [0.15, 0.2) is 0 Å². The van der Waals surface area contributed by atoms with Crippen LogP contribution in [0.25, 0.3) is 0 Å². The topological polar surface area (TPSA) is 0 Å². The summed E-state index contributed by atoms with van der Waals surface area (Å²) in [6, 6.07) is 19.2. The minimum atomic E-state index is 0.217. The fourth-order valence-electron chi connectivity index (χ4n) is 5.51. The van der Waals surface area contributed by atoms with E-state index < -0.39 is 0 Å². The lowest BCUT2D eigenvalue weighted by Gasteiger charge is -2.42. The Bertz CT molecular complexity index is 682. The third-order valence-electron chi connectivity index (χ3n) is 7.21. The van der Waals surface area contributed by atoms with E-state index in [1.54, 1.807) is 11.1 Å². The first-order valence-corrected chi connectivity index (χ1v) is 12.4. The van der Waals surface area contributed by atoms with E-state index in [9.17, 15) is 0 Å². The minimum Gasteiger partial charge on any atom is -0.0654 e. The van der Waals surface area contributed by atoms with Gasteiger partial charge in [0.05, 0.1) is 0 Å². The molecule has 1 aliphatic rings.